The third-order valence-corrected chi connectivity index (χ3v) is 2.97. The van der Waals surface area contributed by atoms with Crippen LogP contribution < -0.4 is 11.1 Å². The highest BCUT2D eigenvalue weighted by Gasteiger charge is 2.06. The second-order valence-electron chi connectivity index (χ2n) is 3.62. The minimum Gasteiger partial charge on any atom is -0.367 e. The van der Waals surface area contributed by atoms with Crippen molar-refractivity contribution in [2.45, 2.75) is 6.04 Å². The summed E-state index contributed by atoms with van der Waals surface area (Å²) >= 11 is 3.37. The molecule has 0 spiro atoms. The summed E-state index contributed by atoms with van der Waals surface area (Å²) in [6.45, 7) is 0.625. The number of rotatable bonds is 4. The average molecular weight is 293 g/mol. The van der Waals surface area contributed by atoms with Crippen molar-refractivity contribution in [3.05, 3.63) is 52.9 Å². The summed E-state index contributed by atoms with van der Waals surface area (Å²) < 4.78 is 0.834. The van der Waals surface area contributed by atoms with E-state index in [1.807, 2.05) is 30.3 Å². The summed E-state index contributed by atoms with van der Waals surface area (Å²) in [4.78, 5) is 8.02. The Hall–Kier alpha value is -1.46. The number of aromatic nitrogens is 2. The Bertz CT molecular complexity index is 475. The SMILES string of the molecule is NC(CNc1ncncc1Br)c1ccccc1. The van der Waals surface area contributed by atoms with Crippen molar-refractivity contribution < 1.29 is 0 Å². The van der Waals surface area contributed by atoms with Gasteiger partial charge in [-0.15, -0.1) is 0 Å². The maximum absolute atomic E-state index is 6.07. The maximum atomic E-state index is 6.07. The van der Waals surface area contributed by atoms with Crippen LogP contribution in [0, 0.1) is 0 Å². The lowest BCUT2D eigenvalue weighted by atomic mass is 10.1. The third-order valence-electron chi connectivity index (χ3n) is 2.38. The molecule has 4 nitrogen and oxygen atoms in total. The second-order valence-corrected chi connectivity index (χ2v) is 4.47. The summed E-state index contributed by atoms with van der Waals surface area (Å²) in [7, 11) is 0. The first-order valence-corrected chi connectivity index (χ1v) is 6.06. The predicted molar refractivity (Wildman–Crippen MR) is 71.6 cm³/mol. The van der Waals surface area contributed by atoms with Crippen LogP contribution in [0.1, 0.15) is 11.6 Å². The molecule has 1 unspecified atom stereocenters. The molecule has 0 saturated carbocycles. The standard InChI is InChI=1S/C12H13BrN4/c13-10-6-15-8-17-12(10)16-7-11(14)9-4-2-1-3-5-9/h1-6,8,11H,7,14H2,(H,15,16,17). The Labute approximate surface area is 108 Å². The van der Waals surface area contributed by atoms with Crippen molar-refractivity contribution >= 4 is 21.7 Å². The Morgan fingerprint density at radius 2 is 2.06 bits per heavy atom. The van der Waals surface area contributed by atoms with Crippen molar-refractivity contribution in [1.82, 2.24) is 9.97 Å². The topological polar surface area (TPSA) is 63.8 Å². The molecule has 3 N–H and O–H groups in total. The van der Waals surface area contributed by atoms with E-state index in [1.54, 1.807) is 6.20 Å². The van der Waals surface area contributed by atoms with E-state index in [0.717, 1.165) is 15.9 Å². The van der Waals surface area contributed by atoms with E-state index < -0.39 is 0 Å². The number of hydrogen-bond acceptors (Lipinski definition) is 4. The summed E-state index contributed by atoms with van der Waals surface area (Å²) in [6, 6.07) is 9.91. The van der Waals surface area contributed by atoms with Crippen LogP contribution in [0.15, 0.2) is 47.3 Å². The minimum atomic E-state index is -0.0573. The van der Waals surface area contributed by atoms with Gasteiger partial charge in [0.1, 0.15) is 12.1 Å². The zero-order chi connectivity index (χ0) is 12.1. The zero-order valence-corrected chi connectivity index (χ0v) is 10.8. The number of halogens is 1. The Morgan fingerprint density at radius 1 is 1.29 bits per heavy atom. The van der Waals surface area contributed by atoms with Gasteiger partial charge in [0.15, 0.2) is 0 Å². The quantitative estimate of drug-likeness (QED) is 0.908. The lowest BCUT2D eigenvalue weighted by Crippen LogP contribution is -2.21. The van der Waals surface area contributed by atoms with E-state index in [-0.39, 0.29) is 6.04 Å². The van der Waals surface area contributed by atoms with Gasteiger partial charge in [0, 0.05) is 18.8 Å². The molecule has 1 aromatic carbocycles. The number of nitrogens with one attached hydrogen (secondary N) is 1. The van der Waals surface area contributed by atoms with E-state index in [1.165, 1.54) is 6.33 Å². The fourth-order valence-corrected chi connectivity index (χ4v) is 1.83. The number of nitrogens with zero attached hydrogens (tertiary/aromatic N) is 2. The van der Waals surface area contributed by atoms with Gasteiger partial charge >= 0.3 is 0 Å². The lowest BCUT2D eigenvalue weighted by Gasteiger charge is -2.13. The fraction of sp³-hybridized carbons (Fsp3) is 0.167. The molecule has 0 aliphatic carbocycles. The molecule has 0 aliphatic heterocycles. The maximum Gasteiger partial charge on any atom is 0.143 e. The van der Waals surface area contributed by atoms with E-state index in [9.17, 15) is 0 Å². The second kappa shape index (κ2) is 5.75. The van der Waals surface area contributed by atoms with Gasteiger partial charge in [-0.2, -0.15) is 0 Å². The molecular formula is C12H13BrN4. The van der Waals surface area contributed by atoms with Crippen LogP contribution >= 0.6 is 15.9 Å². The molecule has 0 amide bonds. The summed E-state index contributed by atoms with van der Waals surface area (Å²) in [5, 5.41) is 3.19. The molecule has 1 heterocycles. The van der Waals surface area contributed by atoms with Gasteiger partial charge in [-0.05, 0) is 21.5 Å². The molecule has 0 radical (unpaired) electrons. The van der Waals surface area contributed by atoms with Crippen LogP contribution in [0.3, 0.4) is 0 Å². The molecule has 0 fully saturated rings. The van der Waals surface area contributed by atoms with Crippen LogP contribution in [0.5, 0.6) is 0 Å². The molecule has 0 aliphatic rings. The molecule has 0 saturated heterocycles. The average Bonchev–Trinajstić information content (AvgIpc) is 2.38. The van der Waals surface area contributed by atoms with Crippen molar-refractivity contribution in [2.75, 3.05) is 11.9 Å². The van der Waals surface area contributed by atoms with Crippen LogP contribution in [0.4, 0.5) is 5.82 Å². The van der Waals surface area contributed by atoms with Crippen molar-refractivity contribution in [1.29, 1.82) is 0 Å². The van der Waals surface area contributed by atoms with Gasteiger partial charge < -0.3 is 11.1 Å². The number of hydrogen-bond donors (Lipinski definition) is 2. The van der Waals surface area contributed by atoms with Gasteiger partial charge in [0.25, 0.3) is 0 Å². The number of benzene rings is 1. The molecule has 1 atom stereocenters. The number of anilines is 1. The Balaban J connectivity index is 1.97. The number of nitrogens with two attached hydrogens (primary N) is 1. The summed E-state index contributed by atoms with van der Waals surface area (Å²) in [6.07, 6.45) is 3.20. The minimum absolute atomic E-state index is 0.0573. The largest absolute Gasteiger partial charge is 0.367 e. The van der Waals surface area contributed by atoms with Gasteiger partial charge in [-0.25, -0.2) is 9.97 Å². The highest BCUT2D eigenvalue weighted by Crippen LogP contribution is 2.18. The van der Waals surface area contributed by atoms with Crippen molar-refractivity contribution in [3.8, 4) is 0 Å². The third kappa shape index (κ3) is 3.25. The molecule has 17 heavy (non-hydrogen) atoms. The van der Waals surface area contributed by atoms with Crippen LogP contribution in [-0.2, 0) is 0 Å². The van der Waals surface area contributed by atoms with Crippen molar-refractivity contribution in [3.63, 3.8) is 0 Å². The highest BCUT2D eigenvalue weighted by molar-refractivity contribution is 9.10. The Morgan fingerprint density at radius 3 is 2.76 bits per heavy atom. The van der Waals surface area contributed by atoms with E-state index in [0.29, 0.717) is 6.54 Å². The van der Waals surface area contributed by atoms with E-state index in [2.05, 4.69) is 31.2 Å². The summed E-state index contributed by atoms with van der Waals surface area (Å²) in [5.41, 5.74) is 7.17. The van der Waals surface area contributed by atoms with Crippen molar-refractivity contribution in [2.24, 2.45) is 5.73 Å². The predicted octanol–water partition coefficient (Wildman–Crippen LogP) is 2.35. The van der Waals surface area contributed by atoms with Crippen LogP contribution in [0.2, 0.25) is 0 Å². The first-order chi connectivity index (χ1) is 8.27. The Kier molecular flexibility index (Phi) is 4.06. The molecule has 88 valence electrons. The van der Waals surface area contributed by atoms with Gasteiger partial charge in [-0.3, -0.25) is 0 Å². The molecule has 2 rings (SSSR count). The first kappa shape index (κ1) is 12.0. The molecule has 2 aromatic rings. The molecule has 1 aromatic heterocycles. The molecule has 0 bridgehead atoms. The fourth-order valence-electron chi connectivity index (χ4n) is 1.47. The van der Waals surface area contributed by atoms with Crippen LogP contribution in [-0.4, -0.2) is 16.5 Å². The zero-order valence-electron chi connectivity index (χ0n) is 9.18. The normalized spacial score (nSPS) is 12.1. The van der Waals surface area contributed by atoms with Crippen LogP contribution in [0.25, 0.3) is 0 Å². The molecular weight excluding hydrogens is 280 g/mol. The first-order valence-electron chi connectivity index (χ1n) is 5.27. The summed E-state index contributed by atoms with van der Waals surface area (Å²) in [5.74, 6) is 0.756. The molecule has 5 heteroatoms. The van der Waals surface area contributed by atoms with E-state index >= 15 is 0 Å². The van der Waals surface area contributed by atoms with E-state index in [4.69, 9.17) is 5.73 Å². The smallest absolute Gasteiger partial charge is 0.143 e. The highest BCUT2D eigenvalue weighted by atomic mass is 79.9. The lowest BCUT2D eigenvalue weighted by molar-refractivity contribution is 0.761. The van der Waals surface area contributed by atoms with Gasteiger partial charge in [0.2, 0.25) is 0 Å². The monoisotopic (exact) mass is 292 g/mol. The van der Waals surface area contributed by atoms with Gasteiger partial charge in [-0.1, -0.05) is 30.3 Å². The van der Waals surface area contributed by atoms with Gasteiger partial charge in [0.05, 0.1) is 4.47 Å².